The van der Waals surface area contributed by atoms with Crippen molar-refractivity contribution >= 4 is 5.97 Å². The lowest BCUT2D eigenvalue weighted by Gasteiger charge is -2.43. The first-order chi connectivity index (χ1) is 15.0. The number of carboxylic acid groups (broad SMARTS) is 1. The van der Waals surface area contributed by atoms with Crippen LogP contribution in [0.5, 0.6) is 0 Å². The molecule has 4 nitrogen and oxygen atoms in total. The van der Waals surface area contributed by atoms with Crippen LogP contribution < -0.4 is 0 Å². The molecule has 0 aromatic heterocycles. The Kier molecular flexibility index (Phi) is 6.50. The summed E-state index contributed by atoms with van der Waals surface area (Å²) in [4.78, 5) is 15.7. The molecule has 1 fully saturated rings. The van der Waals surface area contributed by atoms with E-state index in [2.05, 4.69) is 103 Å². The third-order valence-corrected chi connectivity index (χ3v) is 6.23. The molecule has 0 radical (unpaired) electrons. The van der Waals surface area contributed by atoms with E-state index in [9.17, 15) is 9.90 Å². The zero-order valence-corrected chi connectivity index (χ0v) is 18.2. The average Bonchev–Trinajstić information content (AvgIpc) is 2.77. The number of hydrogen-bond acceptors (Lipinski definition) is 3. The molecule has 1 unspecified atom stereocenters. The maximum Gasteiger partial charge on any atom is 0.317 e. The first-order valence-corrected chi connectivity index (χ1v) is 10.9. The number of aliphatic carboxylic acids is 1. The van der Waals surface area contributed by atoms with Gasteiger partial charge < -0.3 is 5.11 Å². The Morgan fingerprint density at radius 3 is 2.06 bits per heavy atom. The van der Waals surface area contributed by atoms with Gasteiger partial charge >= 0.3 is 5.97 Å². The molecular weight excluding hydrogens is 384 g/mol. The van der Waals surface area contributed by atoms with E-state index < -0.39 is 5.97 Å². The maximum atomic E-state index is 11.2. The van der Waals surface area contributed by atoms with Crippen molar-refractivity contribution in [1.82, 2.24) is 9.80 Å². The molecule has 0 bridgehead atoms. The molecule has 2 atom stereocenters. The van der Waals surface area contributed by atoms with E-state index in [0.29, 0.717) is 0 Å². The molecule has 1 aliphatic heterocycles. The van der Waals surface area contributed by atoms with Crippen molar-refractivity contribution in [2.24, 2.45) is 0 Å². The fraction of sp³-hybridized carbons (Fsp3) is 0.296. The zero-order chi connectivity index (χ0) is 21.8. The standard InChI is InChI=1S/C27H30N2O2/c1-20-8-10-22(11-9-20)23-12-14-25(15-13-23)27(24-6-4-3-5-7-24)29-17-16-28(19-26(30)31)21(2)18-29/h3-15,21,27H,16-19H2,1-2H3,(H,30,31)/t21?,27-/m1/s1. The van der Waals surface area contributed by atoms with Gasteiger partial charge in [-0.3, -0.25) is 14.6 Å². The first kappa shape index (κ1) is 21.3. The SMILES string of the molecule is Cc1ccc(-c2ccc([C@@H](c3ccccc3)N3CCN(CC(=O)O)C(C)C3)cc2)cc1. The van der Waals surface area contributed by atoms with E-state index in [-0.39, 0.29) is 18.6 Å². The largest absolute Gasteiger partial charge is 0.480 e. The van der Waals surface area contributed by atoms with Crippen LogP contribution in [-0.2, 0) is 4.79 Å². The average molecular weight is 415 g/mol. The Hall–Kier alpha value is -2.95. The summed E-state index contributed by atoms with van der Waals surface area (Å²) in [6, 6.07) is 28.5. The Morgan fingerprint density at radius 1 is 0.903 bits per heavy atom. The Bertz CT molecular complexity index is 1000. The molecule has 4 heteroatoms. The number of benzene rings is 3. The monoisotopic (exact) mass is 414 g/mol. The lowest BCUT2D eigenvalue weighted by Crippen LogP contribution is -2.54. The molecule has 0 saturated carbocycles. The maximum absolute atomic E-state index is 11.2. The zero-order valence-electron chi connectivity index (χ0n) is 18.2. The highest BCUT2D eigenvalue weighted by Crippen LogP contribution is 2.32. The van der Waals surface area contributed by atoms with Crippen LogP contribution in [0.3, 0.4) is 0 Å². The molecule has 1 saturated heterocycles. The summed E-state index contributed by atoms with van der Waals surface area (Å²) in [6.07, 6.45) is 0. The van der Waals surface area contributed by atoms with Crippen LogP contribution in [0.15, 0.2) is 78.9 Å². The van der Waals surface area contributed by atoms with Crippen molar-refractivity contribution in [2.75, 3.05) is 26.2 Å². The lowest BCUT2D eigenvalue weighted by atomic mass is 9.93. The molecule has 3 aromatic rings. The van der Waals surface area contributed by atoms with Gasteiger partial charge in [0.1, 0.15) is 0 Å². The van der Waals surface area contributed by atoms with Crippen molar-refractivity contribution in [2.45, 2.75) is 25.9 Å². The predicted octanol–water partition coefficient (Wildman–Crippen LogP) is 4.84. The summed E-state index contributed by atoms with van der Waals surface area (Å²) >= 11 is 0. The van der Waals surface area contributed by atoms with Gasteiger partial charge in [-0.1, -0.05) is 84.4 Å². The highest BCUT2D eigenvalue weighted by Gasteiger charge is 2.30. The van der Waals surface area contributed by atoms with Crippen molar-refractivity contribution in [3.8, 4) is 11.1 Å². The number of rotatable bonds is 6. The Labute approximate surface area is 184 Å². The second-order valence-corrected chi connectivity index (χ2v) is 8.51. The fourth-order valence-electron chi connectivity index (χ4n) is 4.52. The van der Waals surface area contributed by atoms with Crippen molar-refractivity contribution < 1.29 is 9.90 Å². The second kappa shape index (κ2) is 9.46. The molecule has 31 heavy (non-hydrogen) atoms. The van der Waals surface area contributed by atoms with Crippen molar-refractivity contribution in [3.63, 3.8) is 0 Å². The normalized spacial score (nSPS) is 18.6. The van der Waals surface area contributed by atoms with E-state index in [1.54, 1.807) is 0 Å². The Morgan fingerprint density at radius 2 is 1.48 bits per heavy atom. The van der Waals surface area contributed by atoms with E-state index in [4.69, 9.17) is 0 Å². The topological polar surface area (TPSA) is 43.8 Å². The minimum absolute atomic E-state index is 0.107. The van der Waals surface area contributed by atoms with Crippen LogP contribution in [0, 0.1) is 6.92 Å². The summed E-state index contributed by atoms with van der Waals surface area (Å²) in [6.45, 7) is 6.78. The van der Waals surface area contributed by atoms with Gasteiger partial charge in [-0.25, -0.2) is 0 Å². The second-order valence-electron chi connectivity index (χ2n) is 8.51. The van der Waals surface area contributed by atoms with Gasteiger partial charge in [0, 0.05) is 25.7 Å². The van der Waals surface area contributed by atoms with Crippen LogP contribution >= 0.6 is 0 Å². The van der Waals surface area contributed by atoms with Gasteiger partial charge in [0.25, 0.3) is 0 Å². The fourth-order valence-corrected chi connectivity index (χ4v) is 4.52. The quantitative estimate of drug-likeness (QED) is 0.627. The van der Waals surface area contributed by atoms with E-state index in [0.717, 1.165) is 19.6 Å². The minimum Gasteiger partial charge on any atom is -0.480 e. The lowest BCUT2D eigenvalue weighted by molar-refractivity contribution is -0.139. The molecule has 160 valence electrons. The van der Waals surface area contributed by atoms with Crippen molar-refractivity contribution in [1.29, 1.82) is 0 Å². The summed E-state index contributed by atoms with van der Waals surface area (Å²) in [5.74, 6) is -0.758. The third kappa shape index (κ3) is 5.04. The van der Waals surface area contributed by atoms with E-state index in [1.165, 1.54) is 27.8 Å². The molecule has 1 N–H and O–H groups in total. The molecule has 1 aliphatic rings. The molecule has 1 heterocycles. The van der Waals surface area contributed by atoms with Gasteiger partial charge in [-0.2, -0.15) is 0 Å². The van der Waals surface area contributed by atoms with Gasteiger partial charge in [0.2, 0.25) is 0 Å². The van der Waals surface area contributed by atoms with Gasteiger partial charge in [0.05, 0.1) is 12.6 Å². The van der Waals surface area contributed by atoms with Crippen LogP contribution in [-0.4, -0.2) is 53.1 Å². The van der Waals surface area contributed by atoms with Crippen LogP contribution in [0.25, 0.3) is 11.1 Å². The van der Waals surface area contributed by atoms with Crippen LogP contribution in [0.1, 0.15) is 29.7 Å². The van der Waals surface area contributed by atoms with Crippen molar-refractivity contribution in [3.05, 3.63) is 95.6 Å². The number of nitrogens with zero attached hydrogens (tertiary/aromatic N) is 2. The van der Waals surface area contributed by atoms with Crippen LogP contribution in [0.2, 0.25) is 0 Å². The summed E-state index contributed by atoms with van der Waals surface area (Å²) < 4.78 is 0. The number of hydrogen-bond donors (Lipinski definition) is 1. The van der Waals surface area contributed by atoms with Crippen LogP contribution in [0.4, 0.5) is 0 Å². The van der Waals surface area contributed by atoms with Gasteiger partial charge in [-0.05, 0) is 36.1 Å². The predicted molar refractivity (Wildman–Crippen MR) is 125 cm³/mol. The molecule has 0 aliphatic carbocycles. The number of piperazine rings is 1. The highest BCUT2D eigenvalue weighted by atomic mass is 16.4. The number of aryl methyl sites for hydroxylation is 1. The minimum atomic E-state index is -0.758. The highest BCUT2D eigenvalue weighted by molar-refractivity contribution is 5.69. The third-order valence-electron chi connectivity index (χ3n) is 6.23. The smallest absolute Gasteiger partial charge is 0.317 e. The van der Waals surface area contributed by atoms with E-state index in [1.807, 2.05) is 0 Å². The van der Waals surface area contributed by atoms with E-state index >= 15 is 0 Å². The Balaban J connectivity index is 1.60. The summed E-state index contributed by atoms with van der Waals surface area (Å²) in [7, 11) is 0. The first-order valence-electron chi connectivity index (χ1n) is 10.9. The summed E-state index contributed by atoms with van der Waals surface area (Å²) in [5, 5.41) is 9.19. The van der Waals surface area contributed by atoms with Gasteiger partial charge in [-0.15, -0.1) is 0 Å². The number of carbonyl (C=O) groups is 1. The molecule has 0 amide bonds. The number of carboxylic acids is 1. The molecular formula is C27H30N2O2. The summed E-state index contributed by atoms with van der Waals surface area (Å²) in [5.41, 5.74) is 6.24. The molecule has 0 spiro atoms. The molecule has 4 rings (SSSR count). The van der Waals surface area contributed by atoms with Gasteiger partial charge in [0.15, 0.2) is 0 Å². The molecule has 3 aromatic carbocycles.